The number of rotatable bonds is 5. The van der Waals surface area contributed by atoms with E-state index in [9.17, 15) is 4.79 Å². The van der Waals surface area contributed by atoms with Crippen LogP contribution in [0.25, 0.3) is 0 Å². The minimum Gasteiger partial charge on any atom is -0.495 e. The molecule has 0 atom stereocenters. The highest BCUT2D eigenvalue weighted by Gasteiger charge is 2.39. The molecule has 0 aromatic carbocycles. The summed E-state index contributed by atoms with van der Waals surface area (Å²) in [7, 11) is 3.91. The van der Waals surface area contributed by atoms with Gasteiger partial charge >= 0.3 is 0 Å². The first-order chi connectivity index (χ1) is 13.6. The molecular formula is C22H35N3O2S. The van der Waals surface area contributed by atoms with Crippen LogP contribution in [0.5, 0.6) is 5.75 Å². The first-order valence-electron chi connectivity index (χ1n) is 11.0. The van der Waals surface area contributed by atoms with Gasteiger partial charge in [-0.15, -0.1) is 11.3 Å². The summed E-state index contributed by atoms with van der Waals surface area (Å²) in [6.07, 6.45) is 10.9. The average Bonchev–Trinajstić information content (AvgIpc) is 3.12. The molecular weight excluding hydrogens is 370 g/mol. The molecule has 1 saturated carbocycles. The number of aryl methyl sites for hydroxylation is 1. The summed E-state index contributed by atoms with van der Waals surface area (Å²) in [6.45, 7) is 5.25. The van der Waals surface area contributed by atoms with Crippen molar-refractivity contribution in [3.63, 3.8) is 0 Å². The number of nitrogens with one attached hydrogen (secondary N) is 1. The van der Waals surface area contributed by atoms with Crippen molar-refractivity contribution >= 4 is 17.2 Å². The van der Waals surface area contributed by atoms with Gasteiger partial charge in [0.05, 0.1) is 7.11 Å². The lowest BCUT2D eigenvalue weighted by Gasteiger charge is -2.49. The second kappa shape index (κ2) is 8.72. The highest BCUT2D eigenvalue weighted by atomic mass is 32.1. The Morgan fingerprint density at radius 2 is 1.79 bits per heavy atom. The molecule has 2 fully saturated rings. The molecule has 0 radical (unpaired) electrons. The van der Waals surface area contributed by atoms with E-state index in [-0.39, 0.29) is 11.4 Å². The molecule has 1 amide bonds. The minimum absolute atomic E-state index is 0.0651. The lowest BCUT2D eigenvalue weighted by molar-refractivity contribution is 0.0139. The molecule has 2 aliphatic carbocycles. The van der Waals surface area contributed by atoms with Gasteiger partial charge in [0.15, 0.2) is 0 Å². The Hall–Kier alpha value is -1.11. The molecule has 28 heavy (non-hydrogen) atoms. The monoisotopic (exact) mass is 405 g/mol. The number of hydrogen-bond acceptors (Lipinski definition) is 5. The maximum atomic E-state index is 13.2. The molecule has 4 rings (SSSR count). The maximum absolute atomic E-state index is 13.2. The molecule has 1 aromatic heterocycles. The lowest BCUT2D eigenvalue weighted by atomic mass is 9.79. The van der Waals surface area contributed by atoms with Crippen LogP contribution < -0.4 is 10.1 Å². The number of nitrogens with zero attached hydrogens (tertiary/aromatic N) is 2. The lowest BCUT2D eigenvalue weighted by Crippen LogP contribution is -2.61. The van der Waals surface area contributed by atoms with Gasteiger partial charge in [-0.05, 0) is 45.6 Å². The predicted molar refractivity (Wildman–Crippen MR) is 115 cm³/mol. The number of thiophene rings is 1. The quantitative estimate of drug-likeness (QED) is 0.816. The van der Waals surface area contributed by atoms with Gasteiger partial charge in [0, 0.05) is 48.7 Å². The molecule has 3 aliphatic rings. The van der Waals surface area contributed by atoms with Crippen LogP contribution in [0.1, 0.15) is 65.1 Å². The van der Waals surface area contributed by atoms with E-state index in [1.165, 1.54) is 55.4 Å². The highest BCUT2D eigenvalue weighted by Crippen LogP contribution is 2.40. The number of hydrogen-bond donors (Lipinski definition) is 1. The van der Waals surface area contributed by atoms with Gasteiger partial charge in [0.25, 0.3) is 5.91 Å². The molecule has 1 aromatic rings. The van der Waals surface area contributed by atoms with Crippen LogP contribution in [-0.4, -0.2) is 68.1 Å². The summed E-state index contributed by atoms with van der Waals surface area (Å²) in [4.78, 5) is 20.4. The molecule has 1 N–H and O–H groups in total. The normalized spacial score (nSPS) is 23.2. The van der Waals surface area contributed by atoms with Crippen LogP contribution in [0, 0.1) is 0 Å². The molecule has 1 aliphatic heterocycles. The van der Waals surface area contributed by atoms with Gasteiger partial charge in [-0.25, -0.2) is 0 Å². The molecule has 0 bridgehead atoms. The number of piperazine rings is 1. The minimum atomic E-state index is 0.0651. The summed E-state index contributed by atoms with van der Waals surface area (Å²) >= 11 is 1.66. The number of likely N-dealkylation sites (N-methyl/N-ethyl adjacent to an activating group) is 1. The van der Waals surface area contributed by atoms with Gasteiger partial charge in [0.1, 0.15) is 10.6 Å². The van der Waals surface area contributed by atoms with Gasteiger partial charge in [-0.3, -0.25) is 9.69 Å². The van der Waals surface area contributed by atoms with Crippen molar-refractivity contribution < 1.29 is 9.53 Å². The van der Waals surface area contributed by atoms with E-state index in [1.54, 1.807) is 18.4 Å². The zero-order valence-electron chi connectivity index (χ0n) is 17.5. The Morgan fingerprint density at radius 1 is 1.07 bits per heavy atom. The van der Waals surface area contributed by atoms with Crippen LogP contribution in [-0.2, 0) is 12.8 Å². The van der Waals surface area contributed by atoms with Crippen molar-refractivity contribution in [2.24, 2.45) is 0 Å². The van der Waals surface area contributed by atoms with Crippen molar-refractivity contribution in [2.75, 3.05) is 46.9 Å². The van der Waals surface area contributed by atoms with Crippen LogP contribution in [0.2, 0.25) is 0 Å². The first kappa shape index (κ1) is 20.2. The average molecular weight is 406 g/mol. The number of ether oxygens (including phenoxy) is 1. The highest BCUT2D eigenvalue weighted by molar-refractivity contribution is 7.14. The maximum Gasteiger partial charge on any atom is 0.265 e. The summed E-state index contributed by atoms with van der Waals surface area (Å²) in [5.74, 6) is 0.907. The predicted octanol–water partition coefficient (Wildman–Crippen LogP) is 3.32. The van der Waals surface area contributed by atoms with E-state index < -0.39 is 0 Å². The van der Waals surface area contributed by atoms with Crippen molar-refractivity contribution in [1.29, 1.82) is 0 Å². The Balaban J connectivity index is 1.48. The zero-order chi connectivity index (χ0) is 19.6. The van der Waals surface area contributed by atoms with Crippen molar-refractivity contribution in [2.45, 2.75) is 63.3 Å². The fourth-order valence-electron chi connectivity index (χ4n) is 5.32. The molecule has 2 heterocycles. The van der Waals surface area contributed by atoms with Crippen LogP contribution in [0.15, 0.2) is 0 Å². The Bertz CT molecular complexity index is 688. The van der Waals surface area contributed by atoms with Crippen molar-refractivity contribution in [3.8, 4) is 5.75 Å². The smallest absolute Gasteiger partial charge is 0.265 e. The van der Waals surface area contributed by atoms with E-state index in [0.29, 0.717) is 0 Å². The van der Waals surface area contributed by atoms with E-state index >= 15 is 0 Å². The van der Waals surface area contributed by atoms with Crippen LogP contribution >= 0.6 is 11.3 Å². The standard InChI is InChI=1S/C22H35N3O2S/c1-24-12-14-25(15-13-24)22(10-6-3-7-11-22)16-23-21(26)20-19(27-2)17-8-4-5-9-18(17)28-20/h3-16H2,1-2H3,(H,23,26). The van der Waals surface area contributed by atoms with Gasteiger partial charge in [-0.1, -0.05) is 19.3 Å². The van der Waals surface area contributed by atoms with Gasteiger partial charge < -0.3 is 15.0 Å². The van der Waals surface area contributed by atoms with Crippen molar-refractivity contribution in [3.05, 3.63) is 15.3 Å². The van der Waals surface area contributed by atoms with Crippen LogP contribution in [0.3, 0.4) is 0 Å². The van der Waals surface area contributed by atoms with Crippen LogP contribution in [0.4, 0.5) is 0 Å². The summed E-state index contributed by atoms with van der Waals surface area (Å²) in [5, 5.41) is 3.34. The third-order valence-corrected chi connectivity index (χ3v) is 8.34. The zero-order valence-corrected chi connectivity index (χ0v) is 18.3. The summed E-state index contributed by atoms with van der Waals surface area (Å²) in [6, 6.07) is 0. The Morgan fingerprint density at radius 3 is 2.50 bits per heavy atom. The van der Waals surface area contributed by atoms with E-state index in [0.717, 1.165) is 56.2 Å². The fourth-order valence-corrected chi connectivity index (χ4v) is 6.60. The van der Waals surface area contributed by atoms with Gasteiger partial charge in [0.2, 0.25) is 0 Å². The van der Waals surface area contributed by atoms with E-state index in [1.807, 2.05) is 0 Å². The third kappa shape index (κ3) is 3.96. The first-order valence-corrected chi connectivity index (χ1v) is 11.8. The second-order valence-electron chi connectivity index (χ2n) is 8.83. The van der Waals surface area contributed by atoms with Gasteiger partial charge in [-0.2, -0.15) is 0 Å². The second-order valence-corrected chi connectivity index (χ2v) is 9.94. The number of methoxy groups -OCH3 is 1. The third-order valence-electron chi connectivity index (χ3n) is 7.07. The molecule has 5 nitrogen and oxygen atoms in total. The Labute approximate surface area is 173 Å². The van der Waals surface area contributed by atoms with E-state index in [4.69, 9.17) is 4.74 Å². The fraction of sp³-hybridized carbons (Fsp3) is 0.773. The topological polar surface area (TPSA) is 44.8 Å². The molecule has 156 valence electrons. The van der Waals surface area contributed by atoms with Crippen molar-refractivity contribution in [1.82, 2.24) is 15.1 Å². The molecule has 6 heteroatoms. The summed E-state index contributed by atoms with van der Waals surface area (Å²) < 4.78 is 5.68. The number of fused-ring (bicyclic) bond motifs is 1. The molecule has 0 unspecified atom stereocenters. The largest absolute Gasteiger partial charge is 0.495 e. The Kier molecular flexibility index (Phi) is 6.28. The number of carbonyl (C=O) groups excluding carboxylic acids is 1. The SMILES string of the molecule is COc1c(C(=O)NCC2(N3CCN(C)CC3)CCCCC2)sc2c1CCCC2. The summed E-state index contributed by atoms with van der Waals surface area (Å²) in [5.41, 5.74) is 1.43. The van der Waals surface area contributed by atoms with E-state index in [2.05, 4.69) is 22.2 Å². The molecule has 1 saturated heterocycles. The number of carbonyl (C=O) groups is 1. The molecule has 0 spiro atoms. The number of amides is 1.